The first-order chi connectivity index (χ1) is 13.0. The summed E-state index contributed by atoms with van der Waals surface area (Å²) in [6.45, 7) is 0.0974. The van der Waals surface area contributed by atoms with Gasteiger partial charge in [0.1, 0.15) is 23.1 Å². The van der Waals surface area contributed by atoms with Crippen molar-refractivity contribution in [2.24, 2.45) is 0 Å². The quantitative estimate of drug-likeness (QED) is 0.663. The minimum absolute atomic E-state index is 0.0974. The highest BCUT2D eigenvalue weighted by atomic mass is 32.2. The van der Waals surface area contributed by atoms with Gasteiger partial charge < -0.3 is 9.47 Å². The van der Waals surface area contributed by atoms with Gasteiger partial charge in [-0.1, -0.05) is 18.2 Å². The molecule has 0 fully saturated rings. The lowest BCUT2D eigenvalue weighted by molar-refractivity contribution is 0.413. The Balaban J connectivity index is 1.69. The Hall–Kier alpha value is -2.90. The van der Waals surface area contributed by atoms with Crippen LogP contribution in [0, 0.1) is 5.82 Å². The van der Waals surface area contributed by atoms with Crippen molar-refractivity contribution in [2.45, 2.75) is 11.4 Å². The highest BCUT2D eigenvalue weighted by molar-refractivity contribution is 7.89. The maximum atomic E-state index is 13.0. The maximum absolute atomic E-state index is 13.0. The Morgan fingerprint density at radius 2 is 1.59 bits per heavy atom. The zero-order valence-corrected chi connectivity index (χ0v) is 15.4. The number of sulfonamides is 1. The molecule has 5 nitrogen and oxygen atoms in total. The Bertz CT molecular complexity index is 1020. The van der Waals surface area contributed by atoms with Gasteiger partial charge in [-0.05, 0) is 54.1 Å². The van der Waals surface area contributed by atoms with E-state index < -0.39 is 10.0 Å². The van der Waals surface area contributed by atoms with Crippen LogP contribution in [0.15, 0.2) is 77.7 Å². The first-order valence-electron chi connectivity index (χ1n) is 8.12. The van der Waals surface area contributed by atoms with E-state index in [1.807, 2.05) is 0 Å². The Morgan fingerprint density at radius 1 is 0.889 bits per heavy atom. The molecule has 0 radical (unpaired) electrons. The molecule has 0 aromatic heterocycles. The molecule has 0 saturated carbocycles. The number of halogens is 1. The molecule has 0 spiro atoms. The van der Waals surface area contributed by atoms with Gasteiger partial charge in [-0.3, -0.25) is 0 Å². The van der Waals surface area contributed by atoms with E-state index in [2.05, 4.69) is 4.72 Å². The minimum Gasteiger partial charge on any atom is -0.497 e. The molecular weight excluding hydrogens is 369 g/mol. The molecule has 3 rings (SSSR count). The van der Waals surface area contributed by atoms with Crippen molar-refractivity contribution in [2.75, 3.05) is 7.11 Å². The van der Waals surface area contributed by atoms with Crippen LogP contribution < -0.4 is 14.2 Å². The maximum Gasteiger partial charge on any atom is 0.241 e. The van der Waals surface area contributed by atoms with Gasteiger partial charge in [0.2, 0.25) is 10.0 Å². The van der Waals surface area contributed by atoms with Crippen LogP contribution in [0.3, 0.4) is 0 Å². The summed E-state index contributed by atoms with van der Waals surface area (Å²) in [4.78, 5) is 0.126. The number of hydrogen-bond donors (Lipinski definition) is 1. The largest absolute Gasteiger partial charge is 0.497 e. The fraction of sp³-hybridized carbons (Fsp3) is 0.100. The summed E-state index contributed by atoms with van der Waals surface area (Å²) in [7, 11) is -2.20. The second-order valence-electron chi connectivity index (χ2n) is 5.71. The first kappa shape index (κ1) is 18.9. The van der Waals surface area contributed by atoms with Crippen LogP contribution in [0.5, 0.6) is 17.2 Å². The van der Waals surface area contributed by atoms with Gasteiger partial charge in [0.05, 0.1) is 12.0 Å². The second-order valence-corrected chi connectivity index (χ2v) is 7.47. The SMILES string of the molecule is COc1cccc(S(=O)(=O)NCc2cccc(Oc3ccc(F)cc3)c2)c1. The van der Waals surface area contributed by atoms with Crippen molar-refractivity contribution in [1.29, 1.82) is 0 Å². The molecule has 3 aromatic carbocycles. The Kier molecular flexibility index (Phi) is 5.73. The van der Waals surface area contributed by atoms with Crippen LogP contribution in [0.2, 0.25) is 0 Å². The predicted octanol–water partition coefficient (Wildman–Crippen LogP) is 4.11. The number of ether oxygens (including phenoxy) is 2. The van der Waals surface area contributed by atoms with Crippen LogP contribution in [0.25, 0.3) is 0 Å². The summed E-state index contributed by atoms with van der Waals surface area (Å²) in [5.41, 5.74) is 0.723. The molecule has 140 valence electrons. The summed E-state index contributed by atoms with van der Waals surface area (Å²) in [6.07, 6.45) is 0. The van der Waals surface area contributed by atoms with Gasteiger partial charge >= 0.3 is 0 Å². The lowest BCUT2D eigenvalue weighted by Crippen LogP contribution is -2.23. The highest BCUT2D eigenvalue weighted by Gasteiger charge is 2.14. The van der Waals surface area contributed by atoms with E-state index >= 15 is 0 Å². The zero-order valence-electron chi connectivity index (χ0n) is 14.6. The summed E-state index contributed by atoms with van der Waals surface area (Å²) in [5, 5.41) is 0. The standard InChI is InChI=1S/C20H18FNO4S/c1-25-18-5-3-7-20(13-18)27(23,24)22-14-15-4-2-6-19(12-15)26-17-10-8-16(21)9-11-17/h2-13,22H,14H2,1H3. The molecule has 0 heterocycles. The van der Waals surface area contributed by atoms with E-state index in [1.54, 1.807) is 36.4 Å². The number of benzene rings is 3. The van der Waals surface area contributed by atoms with Crippen molar-refractivity contribution in [3.63, 3.8) is 0 Å². The third-order valence-corrected chi connectivity index (χ3v) is 5.16. The van der Waals surface area contributed by atoms with E-state index in [9.17, 15) is 12.8 Å². The van der Waals surface area contributed by atoms with Crippen LogP contribution in [0.1, 0.15) is 5.56 Å². The van der Waals surface area contributed by atoms with E-state index in [-0.39, 0.29) is 17.3 Å². The molecule has 0 aliphatic heterocycles. The van der Waals surface area contributed by atoms with Crippen molar-refractivity contribution < 1.29 is 22.3 Å². The van der Waals surface area contributed by atoms with E-state index in [4.69, 9.17) is 9.47 Å². The van der Waals surface area contributed by atoms with Crippen LogP contribution in [-0.4, -0.2) is 15.5 Å². The molecule has 0 aliphatic rings. The summed E-state index contributed by atoms with van der Waals surface area (Å²) in [6, 6.07) is 18.9. The molecule has 0 saturated heterocycles. The molecule has 0 aliphatic carbocycles. The Morgan fingerprint density at radius 3 is 2.33 bits per heavy atom. The summed E-state index contributed by atoms with van der Waals surface area (Å²) in [5.74, 6) is 1.14. The van der Waals surface area contributed by atoms with Crippen molar-refractivity contribution >= 4 is 10.0 Å². The van der Waals surface area contributed by atoms with E-state index in [0.717, 1.165) is 5.56 Å². The molecule has 1 N–H and O–H groups in total. The van der Waals surface area contributed by atoms with Gasteiger partial charge in [0.15, 0.2) is 0 Å². The lowest BCUT2D eigenvalue weighted by atomic mass is 10.2. The number of hydrogen-bond acceptors (Lipinski definition) is 4. The molecule has 27 heavy (non-hydrogen) atoms. The average Bonchev–Trinajstić information content (AvgIpc) is 2.69. The smallest absolute Gasteiger partial charge is 0.241 e. The first-order valence-corrected chi connectivity index (χ1v) is 9.61. The lowest BCUT2D eigenvalue weighted by Gasteiger charge is -2.10. The average molecular weight is 387 g/mol. The van der Waals surface area contributed by atoms with Crippen molar-refractivity contribution in [3.8, 4) is 17.2 Å². The normalized spacial score (nSPS) is 11.2. The fourth-order valence-corrected chi connectivity index (χ4v) is 3.44. The van der Waals surface area contributed by atoms with Gasteiger partial charge in [-0.15, -0.1) is 0 Å². The van der Waals surface area contributed by atoms with E-state index in [0.29, 0.717) is 17.2 Å². The van der Waals surface area contributed by atoms with Crippen LogP contribution in [0.4, 0.5) is 4.39 Å². The molecule has 7 heteroatoms. The van der Waals surface area contributed by atoms with Crippen LogP contribution in [-0.2, 0) is 16.6 Å². The van der Waals surface area contributed by atoms with Gasteiger partial charge in [-0.2, -0.15) is 0 Å². The highest BCUT2D eigenvalue weighted by Crippen LogP contribution is 2.23. The zero-order chi connectivity index (χ0) is 19.3. The van der Waals surface area contributed by atoms with Crippen LogP contribution >= 0.6 is 0 Å². The summed E-state index contributed by atoms with van der Waals surface area (Å²) >= 11 is 0. The molecule has 3 aromatic rings. The number of rotatable bonds is 7. The third-order valence-electron chi connectivity index (χ3n) is 3.77. The van der Waals surface area contributed by atoms with Crippen molar-refractivity contribution in [1.82, 2.24) is 4.72 Å². The minimum atomic E-state index is -3.68. The molecular formula is C20H18FNO4S. The number of nitrogens with one attached hydrogen (secondary N) is 1. The fourth-order valence-electron chi connectivity index (χ4n) is 2.39. The van der Waals surface area contributed by atoms with Gasteiger partial charge in [0, 0.05) is 12.6 Å². The Labute approximate surface area is 157 Å². The summed E-state index contributed by atoms with van der Waals surface area (Å²) < 4.78 is 51.1. The molecule has 0 unspecified atom stereocenters. The van der Waals surface area contributed by atoms with E-state index in [1.165, 1.54) is 43.5 Å². The molecule has 0 amide bonds. The monoisotopic (exact) mass is 387 g/mol. The second kappa shape index (κ2) is 8.20. The third kappa shape index (κ3) is 5.06. The van der Waals surface area contributed by atoms with Gasteiger partial charge in [-0.25, -0.2) is 17.5 Å². The van der Waals surface area contributed by atoms with Crippen molar-refractivity contribution in [3.05, 3.63) is 84.2 Å². The topological polar surface area (TPSA) is 64.6 Å². The predicted molar refractivity (Wildman–Crippen MR) is 99.9 cm³/mol. The molecule has 0 bridgehead atoms. The number of methoxy groups -OCH3 is 1. The van der Waals surface area contributed by atoms with Gasteiger partial charge in [0.25, 0.3) is 0 Å². The molecule has 0 atom stereocenters.